The summed E-state index contributed by atoms with van der Waals surface area (Å²) in [5.41, 5.74) is 3.72. The molecule has 1 aromatic carbocycles. The Morgan fingerprint density at radius 2 is 1.78 bits per heavy atom. The van der Waals surface area contributed by atoms with E-state index in [2.05, 4.69) is 20.3 Å². The van der Waals surface area contributed by atoms with E-state index in [4.69, 9.17) is 4.74 Å². The van der Waals surface area contributed by atoms with Gasteiger partial charge in [0.2, 0.25) is 10.0 Å². The number of nitrogens with zero attached hydrogens (tertiary/aromatic N) is 2. The van der Waals surface area contributed by atoms with E-state index < -0.39 is 10.0 Å². The topological polar surface area (TPSA) is 63.6 Å². The van der Waals surface area contributed by atoms with E-state index in [1.807, 2.05) is 52.2 Å². The molecule has 2 aromatic rings. The first-order valence-electron chi connectivity index (χ1n) is 9.30. The van der Waals surface area contributed by atoms with E-state index in [-0.39, 0.29) is 6.04 Å². The van der Waals surface area contributed by atoms with Gasteiger partial charge in [0.05, 0.1) is 24.2 Å². The van der Waals surface area contributed by atoms with Gasteiger partial charge >= 0.3 is 0 Å². The van der Waals surface area contributed by atoms with Gasteiger partial charge in [-0.1, -0.05) is 17.7 Å². The highest BCUT2D eigenvalue weighted by atomic mass is 32.2. The summed E-state index contributed by atoms with van der Waals surface area (Å²) in [6.45, 7) is 8.94. The molecule has 148 valence electrons. The minimum Gasteiger partial charge on any atom is -0.379 e. The van der Waals surface area contributed by atoms with Gasteiger partial charge in [0, 0.05) is 38.6 Å². The SMILES string of the molecule is Cc1cc(C)c(S(=O)(=O)NCC(c2cccn2C)N2CCOCC2)c(C)c1. The average Bonchev–Trinajstić information content (AvgIpc) is 3.01. The molecular formula is C20H29N3O3S. The van der Waals surface area contributed by atoms with Crippen LogP contribution in [-0.4, -0.2) is 50.7 Å². The highest BCUT2D eigenvalue weighted by Crippen LogP contribution is 2.25. The lowest BCUT2D eigenvalue weighted by Crippen LogP contribution is -2.44. The first-order chi connectivity index (χ1) is 12.8. The largest absolute Gasteiger partial charge is 0.379 e. The van der Waals surface area contributed by atoms with Crippen molar-refractivity contribution in [3.8, 4) is 0 Å². The van der Waals surface area contributed by atoms with Crippen LogP contribution < -0.4 is 4.72 Å². The van der Waals surface area contributed by atoms with Crippen LogP contribution in [0.1, 0.15) is 28.4 Å². The second-order valence-electron chi connectivity index (χ2n) is 7.29. The van der Waals surface area contributed by atoms with E-state index in [1.165, 1.54) is 0 Å². The van der Waals surface area contributed by atoms with Gasteiger partial charge in [0.25, 0.3) is 0 Å². The molecule has 2 heterocycles. The Labute approximate surface area is 162 Å². The maximum absolute atomic E-state index is 13.1. The van der Waals surface area contributed by atoms with E-state index >= 15 is 0 Å². The van der Waals surface area contributed by atoms with Crippen LogP contribution in [0, 0.1) is 20.8 Å². The van der Waals surface area contributed by atoms with Gasteiger partial charge < -0.3 is 9.30 Å². The van der Waals surface area contributed by atoms with Crippen molar-refractivity contribution in [1.29, 1.82) is 0 Å². The summed E-state index contributed by atoms with van der Waals surface area (Å²) in [6, 6.07) is 7.84. The maximum atomic E-state index is 13.1. The summed E-state index contributed by atoms with van der Waals surface area (Å²) in [4.78, 5) is 2.68. The van der Waals surface area contributed by atoms with Crippen molar-refractivity contribution >= 4 is 10.0 Å². The lowest BCUT2D eigenvalue weighted by molar-refractivity contribution is 0.0158. The smallest absolute Gasteiger partial charge is 0.241 e. The first-order valence-corrected chi connectivity index (χ1v) is 10.8. The third-order valence-corrected chi connectivity index (χ3v) is 6.88. The Kier molecular flexibility index (Phi) is 6.05. The molecule has 3 rings (SSSR count). The van der Waals surface area contributed by atoms with E-state index in [0.29, 0.717) is 24.7 Å². The fraction of sp³-hybridized carbons (Fsp3) is 0.500. The van der Waals surface area contributed by atoms with Gasteiger partial charge in [0.1, 0.15) is 0 Å². The maximum Gasteiger partial charge on any atom is 0.241 e. The zero-order chi connectivity index (χ0) is 19.6. The molecule has 0 aliphatic carbocycles. The number of hydrogen-bond donors (Lipinski definition) is 1. The molecule has 0 radical (unpaired) electrons. The lowest BCUT2D eigenvalue weighted by atomic mass is 10.1. The number of aryl methyl sites for hydroxylation is 4. The molecule has 0 spiro atoms. The van der Waals surface area contributed by atoms with Crippen molar-refractivity contribution < 1.29 is 13.2 Å². The quantitative estimate of drug-likeness (QED) is 0.821. The molecule has 1 atom stereocenters. The molecule has 1 fully saturated rings. The standard InChI is InChI=1S/C20H29N3O3S/c1-15-12-16(2)20(17(3)13-15)27(24,25)21-14-19(18-6-5-7-22(18)4)23-8-10-26-11-9-23/h5-7,12-13,19,21H,8-11,14H2,1-4H3. The monoisotopic (exact) mass is 391 g/mol. The third kappa shape index (κ3) is 4.43. The number of hydrogen-bond acceptors (Lipinski definition) is 4. The summed E-state index contributed by atoms with van der Waals surface area (Å²) in [7, 11) is -1.60. The third-order valence-electron chi connectivity index (χ3n) is 5.15. The van der Waals surface area contributed by atoms with Crippen molar-refractivity contribution in [1.82, 2.24) is 14.2 Å². The highest BCUT2D eigenvalue weighted by molar-refractivity contribution is 7.89. The number of ether oxygens (including phenoxy) is 1. The van der Waals surface area contributed by atoms with E-state index in [9.17, 15) is 8.42 Å². The summed E-state index contributed by atoms with van der Waals surface area (Å²) >= 11 is 0. The second kappa shape index (κ2) is 8.14. The number of benzene rings is 1. The van der Waals surface area contributed by atoms with Crippen LogP contribution in [0.4, 0.5) is 0 Å². The van der Waals surface area contributed by atoms with Crippen LogP contribution >= 0.6 is 0 Å². The predicted molar refractivity (Wildman–Crippen MR) is 106 cm³/mol. The van der Waals surface area contributed by atoms with Crippen molar-refractivity contribution in [3.05, 3.63) is 52.8 Å². The van der Waals surface area contributed by atoms with Gasteiger partial charge in [-0.3, -0.25) is 4.90 Å². The molecular weight excluding hydrogens is 362 g/mol. The van der Waals surface area contributed by atoms with Crippen LogP contribution in [0.3, 0.4) is 0 Å². The number of sulfonamides is 1. The van der Waals surface area contributed by atoms with Gasteiger partial charge in [-0.2, -0.15) is 0 Å². The van der Waals surface area contributed by atoms with Crippen LogP contribution in [0.15, 0.2) is 35.4 Å². The Hall–Kier alpha value is -1.67. The van der Waals surface area contributed by atoms with Crippen LogP contribution in [-0.2, 0) is 21.8 Å². The Bertz CT molecular complexity index is 876. The van der Waals surface area contributed by atoms with Crippen molar-refractivity contribution in [2.24, 2.45) is 7.05 Å². The normalized spacial score (nSPS) is 17.2. The Morgan fingerprint density at radius 3 is 2.33 bits per heavy atom. The number of rotatable bonds is 6. The fourth-order valence-electron chi connectivity index (χ4n) is 3.98. The van der Waals surface area contributed by atoms with Gasteiger partial charge in [0.15, 0.2) is 0 Å². The van der Waals surface area contributed by atoms with Crippen LogP contribution in [0.2, 0.25) is 0 Å². The molecule has 1 saturated heterocycles. The molecule has 1 aromatic heterocycles. The average molecular weight is 392 g/mol. The Morgan fingerprint density at radius 1 is 1.15 bits per heavy atom. The first kappa shape index (κ1) is 20.1. The molecule has 1 unspecified atom stereocenters. The van der Waals surface area contributed by atoms with Crippen molar-refractivity contribution in [2.75, 3.05) is 32.8 Å². The summed E-state index contributed by atoms with van der Waals surface area (Å²) in [6.07, 6.45) is 1.99. The second-order valence-corrected chi connectivity index (χ2v) is 8.99. The molecule has 27 heavy (non-hydrogen) atoms. The van der Waals surface area contributed by atoms with Gasteiger partial charge in [-0.05, 0) is 44.0 Å². The number of morpholine rings is 1. The lowest BCUT2D eigenvalue weighted by Gasteiger charge is -2.35. The zero-order valence-corrected chi connectivity index (χ0v) is 17.3. The van der Waals surface area contributed by atoms with Gasteiger partial charge in [-0.25, -0.2) is 13.1 Å². The molecule has 6 nitrogen and oxygen atoms in total. The number of aromatic nitrogens is 1. The minimum atomic E-state index is -3.59. The molecule has 0 bridgehead atoms. The molecule has 0 amide bonds. The zero-order valence-electron chi connectivity index (χ0n) is 16.5. The predicted octanol–water partition coefficient (Wildman–Crippen LogP) is 2.30. The van der Waals surface area contributed by atoms with Crippen LogP contribution in [0.5, 0.6) is 0 Å². The van der Waals surface area contributed by atoms with E-state index in [1.54, 1.807) is 0 Å². The molecule has 0 saturated carbocycles. The van der Waals surface area contributed by atoms with Crippen molar-refractivity contribution in [3.63, 3.8) is 0 Å². The van der Waals surface area contributed by atoms with E-state index in [0.717, 1.165) is 35.5 Å². The fourth-order valence-corrected chi connectivity index (χ4v) is 5.47. The highest BCUT2D eigenvalue weighted by Gasteiger charge is 2.27. The van der Waals surface area contributed by atoms with Crippen molar-refractivity contribution in [2.45, 2.75) is 31.7 Å². The minimum absolute atomic E-state index is 0.0327. The molecule has 7 heteroatoms. The summed E-state index contributed by atoms with van der Waals surface area (Å²) < 4.78 is 36.5. The molecule has 1 aliphatic rings. The van der Waals surface area contributed by atoms with Gasteiger partial charge in [-0.15, -0.1) is 0 Å². The Balaban J connectivity index is 1.85. The molecule has 1 N–H and O–H groups in total. The summed E-state index contributed by atoms with van der Waals surface area (Å²) in [5.74, 6) is 0. The molecule has 1 aliphatic heterocycles. The van der Waals surface area contributed by atoms with Crippen LogP contribution in [0.25, 0.3) is 0 Å². The summed E-state index contributed by atoms with van der Waals surface area (Å²) in [5, 5.41) is 0. The number of nitrogens with one attached hydrogen (secondary N) is 1.